The van der Waals surface area contributed by atoms with E-state index in [1.54, 1.807) is 24.3 Å². The lowest BCUT2D eigenvalue weighted by Gasteiger charge is -2.18. The predicted octanol–water partition coefficient (Wildman–Crippen LogP) is 3.04. The van der Waals surface area contributed by atoms with E-state index in [0.717, 1.165) is 18.2 Å². The minimum Gasteiger partial charge on any atom is -0.484 e. The Labute approximate surface area is 161 Å². The van der Waals surface area contributed by atoms with Crippen LogP contribution >= 0.6 is 0 Å². The number of anilines is 1. The van der Waals surface area contributed by atoms with Crippen LogP contribution in [-0.2, 0) is 14.8 Å². The maximum atomic E-state index is 12.2. The molecule has 1 atom stereocenters. The summed E-state index contributed by atoms with van der Waals surface area (Å²) >= 11 is 0. The van der Waals surface area contributed by atoms with Crippen molar-refractivity contribution in [1.82, 2.24) is 5.32 Å². The average Bonchev–Trinajstić information content (AvgIpc) is 2.64. The highest BCUT2D eigenvalue weighted by Gasteiger charge is 2.14. The molecule has 146 valence electrons. The van der Waals surface area contributed by atoms with Crippen molar-refractivity contribution in [2.45, 2.75) is 26.3 Å². The molecule has 0 unspecified atom stereocenters. The number of benzene rings is 2. The number of nitrogens with zero attached hydrogens (tertiary/aromatic N) is 1. The van der Waals surface area contributed by atoms with Gasteiger partial charge < -0.3 is 10.1 Å². The number of ether oxygens (including phenoxy) is 1. The number of sulfonamides is 1. The van der Waals surface area contributed by atoms with Gasteiger partial charge in [-0.15, -0.1) is 0 Å². The van der Waals surface area contributed by atoms with E-state index in [0.29, 0.717) is 11.4 Å². The van der Waals surface area contributed by atoms with Crippen molar-refractivity contribution in [3.63, 3.8) is 0 Å². The van der Waals surface area contributed by atoms with Crippen molar-refractivity contribution in [1.29, 1.82) is 0 Å². The molecule has 0 saturated heterocycles. The molecule has 0 aliphatic rings. The van der Waals surface area contributed by atoms with Gasteiger partial charge in [-0.25, -0.2) is 8.42 Å². The summed E-state index contributed by atoms with van der Waals surface area (Å²) in [7, 11) is -1.83. The van der Waals surface area contributed by atoms with Crippen molar-refractivity contribution in [3.05, 3.63) is 59.7 Å². The Morgan fingerprint density at radius 2 is 1.70 bits per heavy atom. The van der Waals surface area contributed by atoms with Crippen LogP contribution in [0.25, 0.3) is 0 Å². The molecular formula is C20H26N2O4S. The van der Waals surface area contributed by atoms with E-state index >= 15 is 0 Å². The maximum Gasteiger partial charge on any atom is 0.258 e. The number of aryl methyl sites for hydroxylation is 1. The molecule has 6 nitrogen and oxygen atoms in total. The maximum absolute atomic E-state index is 12.2. The number of hydrogen-bond acceptors (Lipinski definition) is 4. The highest BCUT2D eigenvalue weighted by atomic mass is 32.2. The number of rotatable bonds is 8. The van der Waals surface area contributed by atoms with E-state index in [1.807, 2.05) is 38.1 Å². The molecule has 0 fully saturated rings. The molecule has 2 rings (SSSR count). The summed E-state index contributed by atoms with van der Waals surface area (Å²) in [6.07, 6.45) is 1.92. The molecule has 0 radical (unpaired) electrons. The summed E-state index contributed by atoms with van der Waals surface area (Å²) in [6.45, 7) is 3.93. The van der Waals surface area contributed by atoms with Gasteiger partial charge in [0.25, 0.3) is 5.91 Å². The SMILES string of the molecule is CC[C@H](NC(=O)COc1ccc(N(C)S(C)(=O)=O)cc1)c1ccc(C)cc1. The van der Waals surface area contributed by atoms with E-state index in [-0.39, 0.29) is 18.6 Å². The largest absolute Gasteiger partial charge is 0.484 e. The molecule has 2 aromatic rings. The number of nitrogens with one attached hydrogen (secondary N) is 1. The van der Waals surface area contributed by atoms with E-state index in [9.17, 15) is 13.2 Å². The molecule has 27 heavy (non-hydrogen) atoms. The first-order valence-electron chi connectivity index (χ1n) is 8.73. The topological polar surface area (TPSA) is 75.7 Å². The van der Waals surface area contributed by atoms with Gasteiger partial charge in [-0.3, -0.25) is 9.10 Å². The number of carbonyl (C=O) groups excluding carboxylic acids is 1. The number of hydrogen-bond donors (Lipinski definition) is 1. The second kappa shape index (κ2) is 8.90. The first-order valence-corrected chi connectivity index (χ1v) is 10.6. The van der Waals surface area contributed by atoms with E-state index < -0.39 is 10.0 Å². The minimum atomic E-state index is -3.31. The summed E-state index contributed by atoms with van der Waals surface area (Å²) in [4.78, 5) is 12.2. The Bertz CT molecular complexity index is 862. The molecule has 0 aliphatic carbocycles. The lowest BCUT2D eigenvalue weighted by atomic mass is 10.0. The second-order valence-corrected chi connectivity index (χ2v) is 8.47. The molecule has 0 aromatic heterocycles. The molecule has 0 aliphatic heterocycles. The molecule has 0 spiro atoms. The lowest BCUT2D eigenvalue weighted by Crippen LogP contribution is -2.32. The van der Waals surface area contributed by atoms with Gasteiger partial charge in [0.1, 0.15) is 5.75 Å². The zero-order valence-corrected chi connectivity index (χ0v) is 16.9. The van der Waals surface area contributed by atoms with Crippen molar-refractivity contribution in [2.24, 2.45) is 0 Å². The van der Waals surface area contributed by atoms with E-state index in [2.05, 4.69) is 5.32 Å². The molecule has 2 aromatic carbocycles. The van der Waals surface area contributed by atoms with Crippen molar-refractivity contribution >= 4 is 21.6 Å². The van der Waals surface area contributed by atoms with Crippen LogP contribution in [0.15, 0.2) is 48.5 Å². The molecule has 7 heteroatoms. The second-order valence-electron chi connectivity index (χ2n) is 6.45. The van der Waals surface area contributed by atoms with Gasteiger partial charge in [-0.05, 0) is 43.2 Å². The normalized spacial score (nSPS) is 12.3. The number of carbonyl (C=O) groups is 1. The fourth-order valence-corrected chi connectivity index (χ4v) is 3.05. The van der Waals surface area contributed by atoms with Crippen LogP contribution in [-0.4, -0.2) is 34.2 Å². The molecule has 0 saturated carbocycles. The first kappa shape index (κ1) is 20.8. The Balaban J connectivity index is 1.92. The van der Waals surface area contributed by atoms with Crippen LogP contribution in [0.4, 0.5) is 5.69 Å². The summed E-state index contributed by atoms with van der Waals surface area (Å²) in [5.41, 5.74) is 2.76. The third kappa shape index (κ3) is 5.99. The highest BCUT2D eigenvalue weighted by molar-refractivity contribution is 7.92. The average molecular weight is 391 g/mol. The van der Waals surface area contributed by atoms with Crippen molar-refractivity contribution < 1.29 is 17.9 Å². The van der Waals surface area contributed by atoms with Gasteiger partial charge in [0.15, 0.2) is 6.61 Å². The highest BCUT2D eigenvalue weighted by Crippen LogP contribution is 2.20. The summed E-state index contributed by atoms with van der Waals surface area (Å²) < 4.78 is 29.8. The molecular weight excluding hydrogens is 364 g/mol. The van der Waals surface area contributed by atoms with Gasteiger partial charge in [-0.2, -0.15) is 0 Å². The van der Waals surface area contributed by atoms with E-state index in [1.165, 1.54) is 16.9 Å². The Morgan fingerprint density at radius 3 is 2.22 bits per heavy atom. The number of amides is 1. The van der Waals surface area contributed by atoms with Crippen LogP contribution < -0.4 is 14.4 Å². The molecule has 1 amide bonds. The lowest BCUT2D eigenvalue weighted by molar-refractivity contribution is -0.123. The molecule has 0 heterocycles. The van der Waals surface area contributed by atoms with Gasteiger partial charge in [0.05, 0.1) is 18.0 Å². The quantitative estimate of drug-likeness (QED) is 0.752. The Hall–Kier alpha value is -2.54. The first-order chi connectivity index (χ1) is 12.7. The van der Waals surface area contributed by atoms with Gasteiger partial charge in [0.2, 0.25) is 10.0 Å². The van der Waals surface area contributed by atoms with Gasteiger partial charge in [-0.1, -0.05) is 36.8 Å². The van der Waals surface area contributed by atoms with Crippen LogP contribution in [0, 0.1) is 6.92 Å². The third-order valence-corrected chi connectivity index (χ3v) is 5.50. The van der Waals surface area contributed by atoms with Crippen molar-refractivity contribution in [3.8, 4) is 5.75 Å². The third-order valence-electron chi connectivity index (χ3n) is 4.29. The summed E-state index contributed by atoms with van der Waals surface area (Å²) in [5, 5.41) is 2.97. The standard InChI is InChI=1S/C20H26N2O4S/c1-5-19(16-8-6-15(2)7-9-16)21-20(23)14-26-18-12-10-17(11-13-18)22(3)27(4,24)25/h6-13,19H,5,14H2,1-4H3,(H,21,23)/t19-/m0/s1. The Morgan fingerprint density at radius 1 is 1.11 bits per heavy atom. The fraction of sp³-hybridized carbons (Fsp3) is 0.350. The van der Waals surface area contributed by atoms with Crippen LogP contribution in [0.3, 0.4) is 0 Å². The molecule has 0 bridgehead atoms. The van der Waals surface area contributed by atoms with Crippen molar-refractivity contribution in [2.75, 3.05) is 24.2 Å². The smallest absolute Gasteiger partial charge is 0.258 e. The Kier molecular flexibility index (Phi) is 6.85. The van der Waals surface area contributed by atoms with Crippen LogP contribution in [0.2, 0.25) is 0 Å². The summed E-state index contributed by atoms with van der Waals surface area (Å²) in [6, 6.07) is 14.6. The fourth-order valence-electron chi connectivity index (χ4n) is 2.55. The zero-order chi connectivity index (χ0) is 20.0. The van der Waals surface area contributed by atoms with E-state index in [4.69, 9.17) is 4.74 Å². The summed E-state index contributed by atoms with van der Waals surface area (Å²) in [5.74, 6) is 0.291. The van der Waals surface area contributed by atoms with Gasteiger partial charge in [0, 0.05) is 7.05 Å². The van der Waals surface area contributed by atoms with Gasteiger partial charge >= 0.3 is 0 Å². The molecule has 1 N–H and O–H groups in total. The predicted molar refractivity (Wildman–Crippen MR) is 108 cm³/mol. The monoisotopic (exact) mass is 390 g/mol. The zero-order valence-electron chi connectivity index (χ0n) is 16.1. The van der Waals surface area contributed by atoms with Crippen LogP contribution in [0.1, 0.15) is 30.5 Å². The minimum absolute atomic E-state index is 0.0625. The van der Waals surface area contributed by atoms with Crippen LogP contribution in [0.5, 0.6) is 5.75 Å².